The van der Waals surface area contributed by atoms with Crippen molar-refractivity contribution in [1.82, 2.24) is 15.2 Å². The summed E-state index contributed by atoms with van der Waals surface area (Å²) in [4.78, 5) is 11.0. The number of morpholine rings is 1. The molecule has 0 bridgehead atoms. The van der Waals surface area contributed by atoms with Gasteiger partial charge in [-0.1, -0.05) is 30.3 Å². The summed E-state index contributed by atoms with van der Waals surface area (Å²) < 4.78 is 16.5. The molecule has 1 atom stereocenters. The third-order valence-corrected chi connectivity index (χ3v) is 4.90. The van der Waals surface area contributed by atoms with Crippen LogP contribution in [0.25, 0.3) is 0 Å². The number of guanidine groups is 1. The van der Waals surface area contributed by atoms with Gasteiger partial charge in [-0.05, 0) is 23.6 Å². The van der Waals surface area contributed by atoms with Crippen LogP contribution in [0.15, 0.2) is 47.6 Å². The Morgan fingerprint density at radius 3 is 2.80 bits per heavy atom. The van der Waals surface area contributed by atoms with Crippen LogP contribution in [0, 0.1) is 6.92 Å². The molecule has 164 valence electrons. The highest BCUT2D eigenvalue weighted by Gasteiger charge is 2.25. The molecular formula is C22H31IN4O3. The predicted molar refractivity (Wildman–Crippen MR) is 129 cm³/mol. The summed E-state index contributed by atoms with van der Waals surface area (Å²) in [6.45, 7) is 6.07. The van der Waals surface area contributed by atoms with E-state index in [9.17, 15) is 0 Å². The minimum absolute atomic E-state index is 0. The molecule has 0 spiro atoms. The van der Waals surface area contributed by atoms with Crippen molar-refractivity contribution in [2.24, 2.45) is 4.99 Å². The number of nitrogens with zero attached hydrogens (tertiary/aromatic N) is 3. The maximum atomic E-state index is 6.03. The topological polar surface area (TPSA) is 68.2 Å². The Bertz CT molecular complexity index is 801. The zero-order valence-corrected chi connectivity index (χ0v) is 20.2. The standard InChI is InChI=1S/C22H30N4O3.HI/c1-17-6-4-5-7-19(17)20-16-26(10-11-28-20)22(23-2)25-15-18-8-9-21(24-14-18)29-13-12-27-3;/h4-9,14,20H,10-13,15-16H2,1-3H3,(H,23,25);1H. The lowest BCUT2D eigenvalue weighted by molar-refractivity contribution is -0.00834. The number of methoxy groups -OCH3 is 1. The van der Waals surface area contributed by atoms with E-state index in [1.165, 1.54) is 11.1 Å². The van der Waals surface area contributed by atoms with Gasteiger partial charge >= 0.3 is 0 Å². The van der Waals surface area contributed by atoms with Crippen LogP contribution >= 0.6 is 24.0 Å². The number of benzene rings is 1. The molecule has 0 radical (unpaired) electrons. The molecule has 3 rings (SSSR count). The fraction of sp³-hybridized carbons (Fsp3) is 0.455. The van der Waals surface area contributed by atoms with Gasteiger partial charge in [0.25, 0.3) is 0 Å². The number of hydrogen-bond acceptors (Lipinski definition) is 5. The number of ether oxygens (including phenoxy) is 3. The molecule has 1 saturated heterocycles. The molecule has 30 heavy (non-hydrogen) atoms. The molecule has 2 aromatic rings. The second kappa shape index (κ2) is 12.7. The molecule has 2 heterocycles. The minimum Gasteiger partial charge on any atom is -0.475 e. The molecule has 7 nitrogen and oxygen atoms in total. The molecule has 8 heteroatoms. The molecule has 1 aliphatic heterocycles. The zero-order valence-electron chi connectivity index (χ0n) is 17.8. The number of pyridine rings is 1. The molecule has 1 unspecified atom stereocenters. The second-order valence-corrected chi connectivity index (χ2v) is 6.91. The first-order valence-corrected chi connectivity index (χ1v) is 9.90. The summed E-state index contributed by atoms with van der Waals surface area (Å²) in [7, 11) is 3.46. The van der Waals surface area contributed by atoms with Crippen molar-refractivity contribution in [3.63, 3.8) is 0 Å². The fourth-order valence-electron chi connectivity index (χ4n) is 3.32. The van der Waals surface area contributed by atoms with Gasteiger partial charge in [0.2, 0.25) is 5.88 Å². The maximum Gasteiger partial charge on any atom is 0.213 e. The Hall–Kier alpha value is -1.91. The normalized spacial score (nSPS) is 16.7. The first-order valence-electron chi connectivity index (χ1n) is 9.90. The highest BCUT2D eigenvalue weighted by molar-refractivity contribution is 14.0. The van der Waals surface area contributed by atoms with Gasteiger partial charge < -0.3 is 24.4 Å². The predicted octanol–water partition coefficient (Wildman–Crippen LogP) is 3.18. The van der Waals surface area contributed by atoms with Crippen molar-refractivity contribution in [2.45, 2.75) is 19.6 Å². The summed E-state index contributed by atoms with van der Waals surface area (Å²) in [6, 6.07) is 12.3. The number of halogens is 1. The average molecular weight is 526 g/mol. The van der Waals surface area contributed by atoms with Crippen molar-refractivity contribution in [3.05, 3.63) is 59.3 Å². The van der Waals surface area contributed by atoms with E-state index in [1.807, 2.05) is 25.4 Å². The van der Waals surface area contributed by atoms with Crippen LogP contribution in [0.4, 0.5) is 0 Å². The largest absolute Gasteiger partial charge is 0.475 e. The molecule has 0 amide bonds. The first kappa shape index (κ1) is 24.4. The van der Waals surface area contributed by atoms with Crippen molar-refractivity contribution < 1.29 is 14.2 Å². The maximum absolute atomic E-state index is 6.03. The fourth-order valence-corrected chi connectivity index (χ4v) is 3.32. The van der Waals surface area contributed by atoms with Crippen LogP contribution in [0.1, 0.15) is 22.8 Å². The number of aryl methyl sites for hydroxylation is 1. The number of aromatic nitrogens is 1. The lowest BCUT2D eigenvalue weighted by atomic mass is 10.0. The van der Waals surface area contributed by atoms with E-state index in [4.69, 9.17) is 14.2 Å². The van der Waals surface area contributed by atoms with Gasteiger partial charge in [0.1, 0.15) is 12.7 Å². The first-order chi connectivity index (χ1) is 14.2. The van der Waals surface area contributed by atoms with Crippen LogP contribution in [-0.4, -0.2) is 62.9 Å². The number of aliphatic imine (C=N–C) groups is 1. The second-order valence-electron chi connectivity index (χ2n) is 6.91. The van der Waals surface area contributed by atoms with E-state index >= 15 is 0 Å². The zero-order chi connectivity index (χ0) is 20.5. The summed E-state index contributed by atoms with van der Waals surface area (Å²) in [6.07, 6.45) is 1.87. The van der Waals surface area contributed by atoms with Gasteiger partial charge in [-0.15, -0.1) is 24.0 Å². The molecule has 1 aromatic heterocycles. The molecule has 1 N–H and O–H groups in total. The van der Waals surface area contributed by atoms with Crippen LogP contribution in [0.5, 0.6) is 5.88 Å². The molecule has 0 aliphatic carbocycles. The van der Waals surface area contributed by atoms with Crippen molar-refractivity contribution in [1.29, 1.82) is 0 Å². The third-order valence-electron chi connectivity index (χ3n) is 4.90. The van der Waals surface area contributed by atoms with Crippen LogP contribution in [0.2, 0.25) is 0 Å². The molecule has 0 saturated carbocycles. The Kier molecular flexibility index (Phi) is 10.3. The van der Waals surface area contributed by atoms with Gasteiger partial charge in [-0.25, -0.2) is 4.98 Å². The Labute approximate surface area is 195 Å². The molecular weight excluding hydrogens is 495 g/mol. The van der Waals surface area contributed by atoms with Gasteiger partial charge in [0.15, 0.2) is 5.96 Å². The number of hydrogen-bond donors (Lipinski definition) is 1. The van der Waals surface area contributed by atoms with E-state index < -0.39 is 0 Å². The van der Waals surface area contributed by atoms with Crippen molar-refractivity contribution in [2.75, 3.05) is 47.1 Å². The highest BCUT2D eigenvalue weighted by Crippen LogP contribution is 2.25. The monoisotopic (exact) mass is 526 g/mol. The van der Waals surface area contributed by atoms with Crippen LogP contribution in [-0.2, 0) is 16.0 Å². The van der Waals surface area contributed by atoms with Gasteiger partial charge in [0.05, 0.1) is 19.8 Å². The molecule has 1 fully saturated rings. The van der Waals surface area contributed by atoms with Crippen molar-refractivity contribution >= 4 is 29.9 Å². The summed E-state index contributed by atoms with van der Waals surface area (Å²) in [5.74, 6) is 1.47. The summed E-state index contributed by atoms with van der Waals surface area (Å²) in [5.41, 5.74) is 3.55. The van der Waals surface area contributed by atoms with E-state index in [0.717, 1.165) is 24.6 Å². The Morgan fingerprint density at radius 2 is 2.10 bits per heavy atom. The quantitative estimate of drug-likeness (QED) is 0.259. The van der Waals surface area contributed by atoms with E-state index in [-0.39, 0.29) is 30.1 Å². The van der Waals surface area contributed by atoms with E-state index in [2.05, 4.69) is 51.4 Å². The SMILES string of the molecule is CN=C(NCc1ccc(OCCOC)nc1)N1CCOC(c2ccccc2C)C1.I. The Morgan fingerprint density at radius 1 is 1.27 bits per heavy atom. The van der Waals surface area contributed by atoms with E-state index in [0.29, 0.717) is 32.2 Å². The van der Waals surface area contributed by atoms with Gasteiger partial charge in [0, 0.05) is 39.5 Å². The van der Waals surface area contributed by atoms with Crippen LogP contribution in [0.3, 0.4) is 0 Å². The number of rotatable bonds is 7. The van der Waals surface area contributed by atoms with Gasteiger partial charge in [-0.2, -0.15) is 0 Å². The minimum atomic E-state index is 0. The summed E-state index contributed by atoms with van der Waals surface area (Å²) in [5, 5.41) is 3.43. The molecule has 1 aliphatic rings. The Balaban J connectivity index is 0.00000320. The smallest absolute Gasteiger partial charge is 0.213 e. The average Bonchev–Trinajstić information content (AvgIpc) is 2.76. The van der Waals surface area contributed by atoms with Gasteiger partial charge in [-0.3, -0.25) is 4.99 Å². The van der Waals surface area contributed by atoms with Crippen LogP contribution < -0.4 is 10.1 Å². The highest BCUT2D eigenvalue weighted by atomic mass is 127. The van der Waals surface area contributed by atoms with E-state index in [1.54, 1.807) is 7.11 Å². The lowest BCUT2D eigenvalue weighted by Crippen LogP contribution is -2.48. The lowest BCUT2D eigenvalue weighted by Gasteiger charge is -2.35. The van der Waals surface area contributed by atoms with Crippen molar-refractivity contribution in [3.8, 4) is 5.88 Å². The summed E-state index contributed by atoms with van der Waals surface area (Å²) >= 11 is 0. The molecule has 1 aromatic carbocycles. The number of nitrogens with one attached hydrogen (secondary N) is 1. The third kappa shape index (κ3) is 6.82.